The van der Waals surface area contributed by atoms with Gasteiger partial charge in [0.05, 0.1) is 6.54 Å². The van der Waals surface area contributed by atoms with E-state index in [1.807, 2.05) is 31.3 Å². The number of likely N-dealkylation sites (tertiary alicyclic amines) is 1. The van der Waals surface area contributed by atoms with Crippen LogP contribution in [-0.2, 0) is 11.3 Å². The lowest BCUT2D eigenvalue weighted by molar-refractivity contribution is -0.132. The lowest BCUT2D eigenvalue weighted by Crippen LogP contribution is -2.50. The summed E-state index contributed by atoms with van der Waals surface area (Å²) in [6.07, 6.45) is 1.07. The van der Waals surface area contributed by atoms with Crippen LogP contribution in [0.4, 0.5) is 0 Å². The number of carbonyl (C=O) groups excluding carboxylic acids is 1. The maximum atomic E-state index is 12.3. The van der Waals surface area contributed by atoms with Crippen molar-refractivity contribution in [2.45, 2.75) is 25.9 Å². The molecule has 4 nitrogen and oxygen atoms in total. The van der Waals surface area contributed by atoms with Gasteiger partial charge >= 0.3 is 0 Å². The number of carbonyl (C=O) groups is 1. The molecule has 1 aromatic rings. The molecule has 5 heteroatoms. The van der Waals surface area contributed by atoms with Crippen LogP contribution in [0.5, 0.6) is 0 Å². The monoisotopic (exact) mass is 353 g/mol. The predicted octanol–water partition coefficient (Wildman–Crippen LogP) is 2.08. The Hall–Kier alpha value is -0.910. The number of nitrogens with zero attached hydrogens (tertiary/aromatic N) is 2. The molecule has 2 N–H and O–H groups in total. The molecule has 0 spiro atoms. The summed E-state index contributed by atoms with van der Waals surface area (Å²) in [4.78, 5) is 16.3. The number of piperidine rings is 1. The Bertz CT molecular complexity index is 494. The fourth-order valence-corrected chi connectivity index (χ4v) is 3.01. The van der Waals surface area contributed by atoms with Crippen molar-refractivity contribution >= 4 is 21.8 Å². The summed E-state index contributed by atoms with van der Waals surface area (Å²) in [6, 6.07) is 8.18. The molecule has 1 aliphatic heterocycles. The SMILES string of the molecule is CC1CCN(CC(=O)N(C)Cc2ccccc2Br)CC1N. The van der Waals surface area contributed by atoms with Gasteiger partial charge in [-0.1, -0.05) is 41.1 Å². The van der Waals surface area contributed by atoms with E-state index in [1.165, 1.54) is 0 Å². The highest BCUT2D eigenvalue weighted by atomic mass is 79.9. The van der Waals surface area contributed by atoms with Crippen molar-refractivity contribution in [3.8, 4) is 0 Å². The molecular weight excluding hydrogens is 330 g/mol. The van der Waals surface area contributed by atoms with Gasteiger partial charge in [0.15, 0.2) is 0 Å². The zero-order chi connectivity index (χ0) is 15.4. The van der Waals surface area contributed by atoms with Crippen LogP contribution in [0.3, 0.4) is 0 Å². The third-order valence-electron chi connectivity index (χ3n) is 4.25. The Labute approximate surface area is 135 Å². The Morgan fingerprint density at radius 1 is 1.48 bits per heavy atom. The van der Waals surface area contributed by atoms with Crippen LogP contribution >= 0.6 is 15.9 Å². The summed E-state index contributed by atoms with van der Waals surface area (Å²) < 4.78 is 1.04. The first-order chi connectivity index (χ1) is 9.97. The molecule has 1 fully saturated rings. The van der Waals surface area contributed by atoms with Crippen LogP contribution in [-0.4, -0.2) is 48.4 Å². The molecule has 0 radical (unpaired) electrons. The molecule has 116 valence electrons. The minimum absolute atomic E-state index is 0.146. The molecule has 0 saturated carbocycles. The molecule has 0 aliphatic carbocycles. The highest BCUT2D eigenvalue weighted by Gasteiger charge is 2.25. The van der Waals surface area contributed by atoms with Gasteiger partial charge in [-0.2, -0.15) is 0 Å². The van der Waals surface area contributed by atoms with Crippen molar-refractivity contribution in [1.82, 2.24) is 9.80 Å². The van der Waals surface area contributed by atoms with E-state index >= 15 is 0 Å². The summed E-state index contributed by atoms with van der Waals surface area (Å²) in [6.45, 7) is 5.04. The highest BCUT2D eigenvalue weighted by Crippen LogP contribution is 2.18. The van der Waals surface area contributed by atoms with Gasteiger partial charge in [0.2, 0.25) is 5.91 Å². The summed E-state index contributed by atoms with van der Waals surface area (Å²) >= 11 is 3.52. The Kier molecular flexibility index (Phi) is 5.79. The van der Waals surface area contributed by atoms with Crippen LogP contribution in [0.15, 0.2) is 28.7 Å². The van der Waals surface area contributed by atoms with E-state index in [9.17, 15) is 4.79 Å². The summed E-state index contributed by atoms with van der Waals surface area (Å²) in [5, 5.41) is 0. The van der Waals surface area contributed by atoms with E-state index in [2.05, 4.69) is 27.8 Å². The van der Waals surface area contributed by atoms with Gasteiger partial charge in [0.1, 0.15) is 0 Å². The number of hydrogen-bond acceptors (Lipinski definition) is 3. The first kappa shape index (κ1) is 16.5. The van der Waals surface area contributed by atoms with Gasteiger partial charge < -0.3 is 10.6 Å². The molecule has 1 aromatic carbocycles. The largest absolute Gasteiger partial charge is 0.340 e. The Balaban J connectivity index is 1.87. The number of rotatable bonds is 4. The van der Waals surface area contributed by atoms with E-state index in [0.29, 0.717) is 19.0 Å². The van der Waals surface area contributed by atoms with Crippen LogP contribution in [0.1, 0.15) is 18.9 Å². The van der Waals surface area contributed by atoms with Crippen LogP contribution in [0.25, 0.3) is 0 Å². The lowest BCUT2D eigenvalue weighted by Gasteiger charge is -2.35. The van der Waals surface area contributed by atoms with Crippen molar-refractivity contribution < 1.29 is 4.79 Å². The van der Waals surface area contributed by atoms with E-state index in [0.717, 1.165) is 29.5 Å². The number of benzene rings is 1. The van der Waals surface area contributed by atoms with Crippen LogP contribution in [0, 0.1) is 5.92 Å². The third kappa shape index (κ3) is 4.53. The van der Waals surface area contributed by atoms with Gasteiger partial charge in [-0.3, -0.25) is 9.69 Å². The number of amides is 1. The fraction of sp³-hybridized carbons (Fsp3) is 0.562. The fourth-order valence-electron chi connectivity index (χ4n) is 2.60. The normalized spacial score (nSPS) is 23.0. The number of hydrogen-bond donors (Lipinski definition) is 1. The van der Waals surface area contributed by atoms with E-state index in [-0.39, 0.29) is 11.9 Å². The zero-order valence-corrected chi connectivity index (χ0v) is 14.3. The topological polar surface area (TPSA) is 49.6 Å². The molecule has 1 heterocycles. The molecule has 21 heavy (non-hydrogen) atoms. The van der Waals surface area contributed by atoms with Gasteiger partial charge in [-0.05, 0) is 30.5 Å². The summed E-state index contributed by atoms with van der Waals surface area (Å²) in [5.74, 6) is 0.696. The van der Waals surface area contributed by atoms with E-state index < -0.39 is 0 Å². The molecule has 1 saturated heterocycles. The van der Waals surface area contributed by atoms with E-state index in [4.69, 9.17) is 5.73 Å². The predicted molar refractivity (Wildman–Crippen MR) is 88.8 cm³/mol. The van der Waals surface area contributed by atoms with Gasteiger partial charge in [-0.25, -0.2) is 0 Å². The lowest BCUT2D eigenvalue weighted by atomic mass is 9.94. The number of halogens is 1. The third-order valence-corrected chi connectivity index (χ3v) is 5.02. The Morgan fingerprint density at radius 2 is 2.19 bits per heavy atom. The minimum Gasteiger partial charge on any atom is -0.340 e. The van der Waals surface area contributed by atoms with Crippen molar-refractivity contribution in [2.75, 3.05) is 26.7 Å². The van der Waals surface area contributed by atoms with Crippen LogP contribution < -0.4 is 5.73 Å². The average Bonchev–Trinajstić information content (AvgIpc) is 2.45. The second-order valence-corrected chi connectivity index (χ2v) is 6.86. The Morgan fingerprint density at radius 3 is 2.86 bits per heavy atom. The quantitative estimate of drug-likeness (QED) is 0.901. The smallest absolute Gasteiger partial charge is 0.236 e. The molecule has 0 aromatic heterocycles. The summed E-state index contributed by atoms with van der Waals surface area (Å²) in [7, 11) is 1.86. The molecule has 2 rings (SSSR count). The second-order valence-electron chi connectivity index (χ2n) is 6.01. The van der Waals surface area contributed by atoms with Crippen molar-refractivity contribution in [2.24, 2.45) is 11.7 Å². The first-order valence-electron chi connectivity index (χ1n) is 7.42. The maximum absolute atomic E-state index is 12.3. The van der Waals surface area contributed by atoms with Gasteiger partial charge in [0.25, 0.3) is 0 Å². The molecule has 2 atom stereocenters. The highest BCUT2D eigenvalue weighted by molar-refractivity contribution is 9.10. The second kappa shape index (κ2) is 7.38. The van der Waals surface area contributed by atoms with Crippen molar-refractivity contribution in [3.05, 3.63) is 34.3 Å². The molecule has 2 unspecified atom stereocenters. The standard InChI is InChI=1S/C16H24BrN3O/c1-12-7-8-20(10-15(12)18)11-16(21)19(2)9-13-5-3-4-6-14(13)17/h3-6,12,15H,7-11,18H2,1-2H3. The first-order valence-corrected chi connectivity index (χ1v) is 8.22. The van der Waals surface area contributed by atoms with Crippen LogP contribution in [0.2, 0.25) is 0 Å². The molecule has 1 aliphatic rings. The minimum atomic E-state index is 0.146. The average molecular weight is 354 g/mol. The van der Waals surface area contributed by atoms with Gasteiger partial charge in [0, 0.05) is 30.7 Å². The molecule has 1 amide bonds. The molecule has 0 bridgehead atoms. The molecular formula is C16H24BrN3O. The number of likely N-dealkylation sites (N-methyl/N-ethyl adjacent to an activating group) is 1. The maximum Gasteiger partial charge on any atom is 0.236 e. The zero-order valence-electron chi connectivity index (χ0n) is 12.8. The number of nitrogens with two attached hydrogens (primary N) is 1. The van der Waals surface area contributed by atoms with Crippen molar-refractivity contribution in [3.63, 3.8) is 0 Å². The summed E-state index contributed by atoms with van der Waals surface area (Å²) in [5.41, 5.74) is 7.21. The van der Waals surface area contributed by atoms with Crippen molar-refractivity contribution in [1.29, 1.82) is 0 Å². The van der Waals surface area contributed by atoms with Gasteiger partial charge in [-0.15, -0.1) is 0 Å². The van der Waals surface area contributed by atoms with E-state index in [1.54, 1.807) is 4.90 Å².